The van der Waals surface area contributed by atoms with Crippen LogP contribution >= 0.6 is 23.4 Å². The third-order valence-corrected chi connectivity index (χ3v) is 6.05. The number of nitrogens with zero attached hydrogens (tertiary/aromatic N) is 1. The fraction of sp³-hybridized carbons (Fsp3) is 0.333. The van der Waals surface area contributed by atoms with Gasteiger partial charge in [-0.1, -0.05) is 30.7 Å². The van der Waals surface area contributed by atoms with Crippen molar-refractivity contribution in [2.75, 3.05) is 24.7 Å². The van der Waals surface area contributed by atoms with E-state index in [-0.39, 0.29) is 19.1 Å². The topological polar surface area (TPSA) is 55.8 Å². The average Bonchev–Trinajstić information content (AvgIpc) is 2.85. The standard InChI is InChI=1S/C21H22ClNO4S/c1-14-11-16(7-8-17(14)22)26-13-21(25)27-12-20(24)23-10-9-15(2)28-19-6-4-3-5-18(19)23/h3-8,11,15H,9-10,12-13H2,1-2H3. The Morgan fingerprint density at radius 2 is 2.00 bits per heavy atom. The highest BCUT2D eigenvalue weighted by molar-refractivity contribution is 8.00. The summed E-state index contributed by atoms with van der Waals surface area (Å²) in [4.78, 5) is 27.4. The Labute approximate surface area is 174 Å². The number of carbonyl (C=O) groups excluding carboxylic acids is 2. The number of benzene rings is 2. The van der Waals surface area contributed by atoms with E-state index in [1.165, 1.54) is 0 Å². The van der Waals surface area contributed by atoms with Crippen LogP contribution in [0.25, 0.3) is 0 Å². The summed E-state index contributed by atoms with van der Waals surface area (Å²) in [5.74, 6) is -0.303. The van der Waals surface area contributed by atoms with E-state index in [2.05, 4.69) is 6.92 Å². The molecule has 28 heavy (non-hydrogen) atoms. The number of amides is 1. The number of esters is 1. The van der Waals surface area contributed by atoms with Gasteiger partial charge in [0.1, 0.15) is 5.75 Å². The molecule has 0 saturated carbocycles. The number of aryl methyl sites for hydroxylation is 1. The highest BCUT2D eigenvalue weighted by atomic mass is 35.5. The first-order valence-corrected chi connectivity index (χ1v) is 10.3. The number of hydrogen-bond donors (Lipinski definition) is 0. The first kappa shape index (κ1) is 20.6. The molecule has 1 heterocycles. The molecular weight excluding hydrogens is 398 g/mol. The number of hydrogen-bond acceptors (Lipinski definition) is 5. The minimum Gasteiger partial charge on any atom is -0.482 e. The van der Waals surface area contributed by atoms with Crippen molar-refractivity contribution >= 4 is 40.9 Å². The van der Waals surface area contributed by atoms with Crippen LogP contribution in [0, 0.1) is 6.92 Å². The van der Waals surface area contributed by atoms with Gasteiger partial charge in [0, 0.05) is 21.7 Å². The molecule has 0 saturated heterocycles. The number of para-hydroxylation sites is 1. The molecule has 5 nitrogen and oxygen atoms in total. The van der Waals surface area contributed by atoms with E-state index >= 15 is 0 Å². The van der Waals surface area contributed by atoms with Crippen LogP contribution < -0.4 is 9.64 Å². The van der Waals surface area contributed by atoms with Crippen LogP contribution in [-0.4, -0.2) is 36.9 Å². The molecule has 3 rings (SSSR count). The maximum Gasteiger partial charge on any atom is 0.344 e. The Hall–Kier alpha value is -2.18. The number of anilines is 1. The van der Waals surface area contributed by atoms with E-state index in [1.807, 2.05) is 31.2 Å². The minimum atomic E-state index is -0.591. The second-order valence-electron chi connectivity index (χ2n) is 6.59. The van der Waals surface area contributed by atoms with Gasteiger partial charge >= 0.3 is 5.97 Å². The van der Waals surface area contributed by atoms with Crippen LogP contribution in [0.1, 0.15) is 18.9 Å². The number of halogens is 1. The molecule has 2 aromatic rings. The molecule has 0 fully saturated rings. The van der Waals surface area contributed by atoms with Crippen molar-refractivity contribution < 1.29 is 19.1 Å². The molecule has 0 N–H and O–H groups in total. The van der Waals surface area contributed by atoms with Crippen LogP contribution in [-0.2, 0) is 14.3 Å². The van der Waals surface area contributed by atoms with Crippen LogP contribution in [0.5, 0.6) is 5.75 Å². The maximum absolute atomic E-state index is 12.7. The summed E-state index contributed by atoms with van der Waals surface area (Å²) in [7, 11) is 0. The fourth-order valence-corrected chi connectivity index (χ4v) is 4.09. The maximum atomic E-state index is 12.7. The molecule has 2 aromatic carbocycles. The van der Waals surface area contributed by atoms with Crippen molar-refractivity contribution in [2.24, 2.45) is 0 Å². The van der Waals surface area contributed by atoms with Gasteiger partial charge in [-0.25, -0.2) is 4.79 Å². The average molecular weight is 420 g/mol. The molecule has 1 aliphatic rings. The summed E-state index contributed by atoms with van der Waals surface area (Å²) in [5.41, 5.74) is 1.72. The lowest BCUT2D eigenvalue weighted by Crippen LogP contribution is -2.36. The Balaban J connectivity index is 1.54. The van der Waals surface area contributed by atoms with E-state index in [9.17, 15) is 9.59 Å². The van der Waals surface area contributed by atoms with Gasteiger partial charge in [0.2, 0.25) is 0 Å². The molecule has 0 aromatic heterocycles. The smallest absolute Gasteiger partial charge is 0.344 e. The molecular formula is C21H22ClNO4S. The van der Waals surface area contributed by atoms with E-state index in [0.717, 1.165) is 22.6 Å². The van der Waals surface area contributed by atoms with Crippen molar-refractivity contribution in [2.45, 2.75) is 30.4 Å². The molecule has 1 unspecified atom stereocenters. The molecule has 1 amide bonds. The largest absolute Gasteiger partial charge is 0.482 e. The van der Waals surface area contributed by atoms with Crippen molar-refractivity contribution in [3.05, 3.63) is 53.1 Å². The molecule has 0 radical (unpaired) electrons. The van der Waals surface area contributed by atoms with Crippen molar-refractivity contribution in [3.8, 4) is 5.75 Å². The second kappa shape index (κ2) is 9.34. The van der Waals surface area contributed by atoms with E-state index in [0.29, 0.717) is 22.6 Å². The molecule has 7 heteroatoms. The predicted molar refractivity (Wildman–Crippen MR) is 111 cm³/mol. The van der Waals surface area contributed by atoms with Crippen LogP contribution in [0.2, 0.25) is 5.02 Å². The zero-order valence-corrected chi connectivity index (χ0v) is 17.4. The van der Waals surface area contributed by atoms with Gasteiger partial charge in [0.05, 0.1) is 5.69 Å². The number of carbonyl (C=O) groups is 2. The Kier molecular flexibility index (Phi) is 6.86. The summed E-state index contributed by atoms with van der Waals surface area (Å²) in [6.07, 6.45) is 0.873. The highest BCUT2D eigenvalue weighted by Gasteiger charge is 2.24. The number of ether oxygens (including phenoxy) is 2. The van der Waals surface area contributed by atoms with E-state index in [1.54, 1.807) is 34.9 Å². The second-order valence-corrected chi connectivity index (χ2v) is 8.48. The molecule has 1 atom stereocenters. The molecule has 1 aliphatic heterocycles. The lowest BCUT2D eigenvalue weighted by molar-refractivity contribution is -0.149. The highest BCUT2D eigenvalue weighted by Crippen LogP contribution is 2.37. The van der Waals surface area contributed by atoms with Crippen LogP contribution in [0.3, 0.4) is 0 Å². The Bertz CT molecular complexity index is 873. The lowest BCUT2D eigenvalue weighted by Gasteiger charge is -2.22. The fourth-order valence-electron chi connectivity index (χ4n) is 2.86. The Morgan fingerprint density at radius 1 is 1.21 bits per heavy atom. The summed E-state index contributed by atoms with van der Waals surface area (Å²) in [5, 5.41) is 1.04. The van der Waals surface area contributed by atoms with Gasteiger partial charge in [0.15, 0.2) is 13.2 Å². The monoisotopic (exact) mass is 419 g/mol. The molecule has 148 valence electrons. The van der Waals surface area contributed by atoms with Gasteiger partial charge < -0.3 is 14.4 Å². The van der Waals surface area contributed by atoms with Crippen molar-refractivity contribution in [1.82, 2.24) is 0 Å². The van der Waals surface area contributed by atoms with Crippen molar-refractivity contribution in [3.63, 3.8) is 0 Å². The number of rotatable bonds is 5. The summed E-state index contributed by atoms with van der Waals surface area (Å²) >= 11 is 7.72. The molecule has 0 aliphatic carbocycles. The first-order valence-electron chi connectivity index (χ1n) is 9.04. The van der Waals surface area contributed by atoms with Gasteiger partial charge in [0.25, 0.3) is 5.91 Å². The van der Waals surface area contributed by atoms with Gasteiger partial charge in [-0.2, -0.15) is 0 Å². The zero-order valence-electron chi connectivity index (χ0n) is 15.8. The Morgan fingerprint density at radius 3 is 2.79 bits per heavy atom. The quantitative estimate of drug-likeness (QED) is 0.668. The third-order valence-electron chi connectivity index (χ3n) is 4.39. The summed E-state index contributed by atoms with van der Waals surface area (Å²) in [6.45, 7) is 4.02. The summed E-state index contributed by atoms with van der Waals surface area (Å²) < 4.78 is 10.5. The normalized spacial score (nSPS) is 16.1. The van der Waals surface area contributed by atoms with Gasteiger partial charge in [-0.3, -0.25) is 4.79 Å². The van der Waals surface area contributed by atoms with E-state index < -0.39 is 5.97 Å². The zero-order chi connectivity index (χ0) is 20.1. The molecule has 0 spiro atoms. The van der Waals surface area contributed by atoms with Crippen LogP contribution in [0.4, 0.5) is 5.69 Å². The lowest BCUT2D eigenvalue weighted by atomic mass is 10.2. The van der Waals surface area contributed by atoms with E-state index in [4.69, 9.17) is 21.1 Å². The number of thioether (sulfide) groups is 1. The summed E-state index contributed by atoms with van der Waals surface area (Å²) in [6, 6.07) is 12.9. The minimum absolute atomic E-state index is 0.238. The van der Waals surface area contributed by atoms with Gasteiger partial charge in [-0.05, 0) is 49.2 Å². The predicted octanol–water partition coefficient (Wildman–Crippen LogP) is 4.49. The van der Waals surface area contributed by atoms with Crippen molar-refractivity contribution in [1.29, 1.82) is 0 Å². The third kappa shape index (κ3) is 5.20. The SMILES string of the molecule is Cc1cc(OCC(=O)OCC(=O)N2CCC(C)Sc3ccccc32)ccc1Cl. The first-order chi connectivity index (χ1) is 13.4. The molecule has 0 bridgehead atoms. The van der Waals surface area contributed by atoms with Crippen LogP contribution in [0.15, 0.2) is 47.4 Å². The number of fused-ring (bicyclic) bond motifs is 1. The van der Waals surface area contributed by atoms with Gasteiger partial charge in [-0.15, -0.1) is 11.8 Å².